The third kappa shape index (κ3) is 4.28. The molecule has 1 fully saturated rings. The number of carbonyl (C=O) groups excluding carboxylic acids is 1. The molecule has 0 spiro atoms. The monoisotopic (exact) mass is 555 g/mol. The number of anilines is 1. The molecule has 1 saturated heterocycles. The van der Waals surface area contributed by atoms with Gasteiger partial charge in [-0.3, -0.25) is 13.9 Å². The molecule has 3 heterocycles. The van der Waals surface area contributed by atoms with Crippen molar-refractivity contribution >= 4 is 32.5 Å². The summed E-state index contributed by atoms with van der Waals surface area (Å²) in [7, 11) is -2.54. The van der Waals surface area contributed by atoms with Gasteiger partial charge in [0.2, 0.25) is 15.6 Å². The van der Waals surface area contributed by atoms with Crippen molar-refractivity contribution < 1.29 is 22.0 Å². The lowest BCUT2D eigenvalue weighted by Crippen LogP contribution is -2.53. The quantitative estimate of drug-likeness (QED) is 0.406. The summed E-state index contributed by atoms with van der Waals surface area (Å²) in [5.41, 5.74) is 1.97. The number of halogens is 2. The predicted octanol–water partition coefficient (Wildman–Crippen LogP) is 3.53. The highest BCUT2D eigenvalue weighted by molar-refractivity contribution is 7.94. The van der Waals surface area contributed by atoms with Crippen molar-refractivity contribution in [2.24, 2.45) is 7.05 Å². The van der Waals surface area contributed by atoms with Gasteiger partial charge in [-0.15, -0.1) is 0 Å². The van der Waals surface area contributed by atoms with Crippen molar-refractivity contribution in [3.63, 3.8) is 0 Å². The first kappa shape index (κ1) is 26.5. The van der Waals surface area contributed by atoms with E-state index >= 15 is 0 Å². The van der Waals surface area contributed by atoms with E-state index in [1.54, 1.807) is 78.7 Å². The number of rotatable bonds is 5. The molecule has 1 aliphatic heterocycles. The average molecular weight is 556 g/mol. The maximum atomic E-state index is 14.0. The number of pyridine rings is 1. The average Bonchev–Trinajstić information content (AvgIpc) is 3.36. The molecule has 1 N–H and O–H groups in total. The van der Waals surface area contributed by atoms with Gasteiger partial charge < -0.3 is 9.88 Å². The molecule has 1 amide bonds. The summed E-state index contributed by atoms with van der Waals surface area (Å²) in [4.78, 5) is 24.2. The summed E-state index contributed by atoms with van der Waals surface area (Å²) in [6.45, 7) is 3.32. The molecule has 2 aromatic carbocycles. The minimum atomic E-state index is -4.17. The number of carbonyl (C=O) groups is 1. The molecule has 2 aromatic heterocycles. The fourth-order valence-electron chi connectivity index (χ4n) is 4.94. The summed E-state index contributed by atoms with van der Waals surface area (Å²) in [5, 5.41) is 7.37. The number of alkyl halides is 2. The first-order chi connectivity index (χ1) is 18.2. The SMILES string of the molecule is Cn1cc(-n2ncc3cc(N4C(c5ccccc5)[C@@H](NC(=O)C(C)(F)F)C(C)(C)S4(=O)=O)ccc32)ccc1=O. The Balaban J connectivity index is 1.66. The van der Waals surface area contributed by atoms with E-state index in [1.807, 2.05) is 0 Å². The number of fused-ring (bicyclic) bond motifs is 1. The number of amides is 1. The third-order valence-electron chi connectivity index (χ3n) is 7.19. The number of hydrogen-bond acceptors (Lipinski definition) is 5. The molecule has 4 aromatic rings. The first-order valence-electron chi connectivity index (χ1n) is 12.2. The van der Waals surface area contributed by atoms with E-state index in [0.717, 1.165) is 0 Å². The molecule has 0 saturated carbocycles. The Bertz CT molecular complexity index is 1740. The lowest BCUT2D eigenvalue weighted by molar-refractivity contribution is -0.144. The van der Waals surface area contributed by atoms with Gasteiger partial charge in [-0.05, 0) is 43.7 Å². The van der Waals surface area contributed by atoms with Gasteiger partial charge in [0.15, 0.2) is 0 Å². The fraction of sp³-hybridized carbons (Fsp3) is 0.296. The Kier molecular flexibility index (Phi) is 6.13. The Morgan fingerprint density at radius 1 is 1.05 bits per heavy atom. The number of benzene rings is 2. The van der Waals surface area contributed by atoms with Gasteiger partial charge in [-0.25, -0.2) is 13.1 Å². The number of nitrogens with one attached hydrogen (secondary N) is 1. The van der Waals surface area contributed by atoms with Crippen LogP contribution in [0.3, 0.4) is 0 Å². The van der Waals surface area contributed by atoms with Crippen LogP contribution in [0.4, 0.5) is 14.5 Å². The third-order valence-corrected chi connectivity index (χ3v) is 9.73. The van der Waals surface area contributed by atoms with Gasteiger partial charge in [0.1, 0.15) is 4.75 Å². The van der Waals surface area contributed by atoms with E-state index in [9.17, 15) is 26.8 Å². The molecule has 2 atom stereocenters. The van der Waals surface area contributed by atoms with Crippen LogP contribution in [0, 0.1) is 0 Å². The van der Waals surface area contributed by atoms with Crippen molar-refractivity contribution in [2.75, 3.05) is 4.31 Å². The topological polar surface area (TPSA) is 106 Å². The zero-order chi connectivity index (χ0) is 28.3. The van der Waals surface area contributed by atoms with Crippen molar-refractivity contribution in [1.82, 2.24) is 19.7 Å². The van der Waals surface area contributed by atoms with Gasteiger partial charge in [0.25, 0.3) is 5.91 Å². The predicted molar refractivity (Wildman–Crippen MR) is 144 cm³/mol. The summed E-state index contributed by atoms with van der Waals surface area (Å²) < 4.78 is 58.5. The highest BCUT2D eigenvalue weighted by atomic mass is 32.2. The molecule has 204 valence electrons. The Labute approximate surface area is 223 Å². The molecule has 5 rings (SSSR count). The number of aryl methyl sites for hydroxylation is 1. The second-order valence-corrected chi connectivity index (χ2v) is 12.6. The number of aromatic nitrogens is 3. The van der Waals surface area contributed by atoms with Gasteiger partial charge in [0, 0.05) is 31.6 Å². The van der Waals surface area contributed by atoms with E-state index in [-0.39, 0.29) is 5.56 Å². The van der Waals surface area contributed by atoms with Crippen molar-refractivity contribution in [3.8, 4) is 5.69 Å². The first-order valence-corrected chi connectivity index (χ1v) is 13.6. The zero-order valence-electron chi connectivity index (χ0n) is 21.7. The lowest BCUT2D eigenvalue weighted by Gasteiger charge is -2.30. The Hall–Kier alpha value is -4.06. The van der Waals surface area contributed by atoms with Crippen LogP contribution in [-0.2, 0) is 21.9 Å². The Morgan fingerprint density at radius 2 is 1.72 bits per heavy atom. The van der Waals surface area contributed by atoms with Crippen LogP contribution in [0.1, 0.15) is 32.4 Å². The van der Waals surface area contributed by atoms with Crippen molar-refractivity contribution in [3.05, 3.63) is 89.0 Å². The van der Waals surface area contributed by atoms with Crippen LogP contribution in [0.15, 0.2) is 77.9 Å². The van der Waals surface area contributed by atoms with E-state index < -0.39 is 38.7 Å². The van der Waals surface area contributed by atoms with Crippen LogP contribution in [0.5, 0.6) is 0 Å². The Morgan fingerprint density at radius 3 is 2.36 bits per heavy atom. The van der Waals surface area contributed by atoms with E-state index in [2.05, 4.69) is 10.4 Å². The van der Waals surface area contributed by atoms with Gasteiger partial charge in [-0.2, -0.15) is 13.9 Å². The molecule has 1 unspecified atom stereocenters. The molecule has 39 heavy (non-hydrogen) atoms. The van der Waals surface area contributed by atoms with Crippen LogP contribution < -0.4 is 15.2 Å². The maximum Gasteiger partial charge on any atom is 0.321 e. The molecular formula is C27H27F2N5O4S. The van der Waals surface area contributed by atoms with Gasteiger partial charge in [-0.1, -0.05) is 30.3 Å². The molecule has 0 bridgehead atoms. The molecule has 0 aliphatic carbocycles. The molecular weight excluding hydrogens is 528 g/mol. The second-order valence-electron chi connectivity index (χ2n) is 10.2. The summed E-state index contributed by atoms with van der Waals surface area (Å²) >= 11 is 0. The number of nitrogens with zero attached hydrogens (tertiary/aromatic N) is 4. The lowest BCUT2D eigenvalue weighted by atomic mass is 9.90. The molecule has 1 aliphatic rings. The van der Waals surface area contributed by atoms with E-state index in [0.29, 0.717) is 34.8 Å². The largest absolute Gasteiger partial charge is 0.344 e. The highest BCUT2D eigenvalue weighted by Crippen LogP contribution is 2.48. The fourth-order valence-corrected chi connectivity index (χ4v) is 6.89. The molecule has 0 radical (unpaired) electrons. The minimum Gasteiger partial charge on any atom is -0.344 e. The van der Waals surface area contributed by atoms with E-state index in [4.69, 9.17) is 0 Å². The van der Waals surface area contributed by atoms with Crippen molar-refractivity contribution in [2.45, 2.75) is 43.5 Å². The molecule has 12 heteroatoms. The van der Waals surface area contributed by atoms with Gasteiger partial charge in [0.05, 0.1) is 35.2 Å². The maximum absolute atomic E-state index is 14.0. The van der Waals surface area contributed by atoms with Crippen LogP contribution in [0.2, 0.25) is 0 Å². The van der Waals surface area contributed by atoms with Crippen LogP contribution in [0.25, 0.3) is 16.6 Å². The summed E-state index contributed by atoms with van der Waals surface area (Å²) in [6.07, 6.45) is 3.21. The molecule has 9 nitrogen and oxygen atoms in total. The summed E-state index contributed by atoms with van der Waals surface area (Å²) in [6, 6.07) is 14.5. The van der Waals surface area contributed by atoms with Gasteiger partial charge >= 0.3 is 5.92 Å². The highest BCUT2D eigenvalue weighted by Gasteiger charge is 2.60. The zero-order valence-corrected chi connectivity index (χ0v) is 22.5. The standard InChI is InChI=1S/C27H27F2N5O4S/c1-26(2)24(31-25(36)27(3,28)29)23(17-8-6-5-7-9-17)34(39(26,37)38)19-10-12-21-18(14-19)15-30-33(21)20-11-13-22(35)32(4)16-20/h5-16,23-24H,1-4H3,(H,31,36)/t23?,24-/m1/s1. The summed E-state index contributed by atoms with van der Waals surface area (Å²) in [5.74, 6) is -5.24. The van der Waals surface area contributed by atoms with Crippen LogP contribution in [-0.4, -0.2) is 45.4 Å². The second kappa shape index (κ2) is 9.01. The van der Waals surface area contributed by atoms with Crippen LogP contribution >= 0.6 is 0 Å². The number of sulfonamides is 1. The smallest absolute Gasteiger partial charge is 0.321 e. The normalized spacial score (nSPS) is 20.3. The minimum absolute atomic E-state index is 0.172. The number of hydrogen-bond donors (Lipinski definition) is 1. The van der Waals surface area contributed by atoms with Crippen molar-refractivity contribution in [1.29, 1.82) is 0 Å². The van der Waals surface area contributed by atoms with E-state index in [1.165, 1.54) is 28.8 Å².